The van der Waals surface area contributed by atoms with Crippen LogP contribution in [-0.4, -0.2) is 28.1 Å². The minimum Gasteiger partial charge on any atom is -0.480 e. The van der Waals surface area contributed by atoms with E-state index < -0.39 is 24.0 Å². The van der Waals surface area contributed by atoms with Crippen molar-refractivity contribution in [3.8, 4) is 0 Å². The topological polar surface area (TPSA) is 86.6 Å². The molecule has 0 saturated carbocycles. The Balaban J connectivity index is 2.87. The molecule has 86 valence electrons. The molecule has 16 heavy (non-hydrogen) atoms. The number of amides is 1. The molecule has 0 unspecified atom stereocenters. The lowest BCUT2D eigenvalue weighted by Crippen LogP contribution is -2.44. The van der Waals surface area contributed by atoms with Crippen molar-refractivity contribution in [3.05, 3.63) is 35.9 Å². The van der Waals surface area contributed by atoms with Gasteiger partial charge in [0.25, 0.3) is 0 Å². The van der Waals surface area contributed by atoms with E-state index in [1.54, 1.807) is 30.3 Å². The number of aliphatic carboxylic acids is 1. The highest BCUT2D eigenvalue weighted by Crippen LogP contribution is 2.16. The number of aliphatic hydroxyl groups excluding tert-OH is 1. The number of aliphatic hydroxyl groups is 1. The molecule has 0 bridgehead atoms. The van der Waals surface area contributed by atoms with Crippen molar-refractivity contribution in [2.75, 3.05) is 0 Å². The maximum absolute atomic E-state index is 10.9. The van der Waals surface area contributed by atoms with Crippen molar-refractivity contribution >= 4 is 11.9 Å². The van der Waals surface area contributed by atoms with Crippen molar-refractivity contribution in [1.29, 1.82) is 0 Å². The van der Waals surface area contributed by atoms with Crippen LogP contribution >= 0.6 is 0 Å². The largest absolute Gasteiger partial charge is 0.480 e. The van der Waals surface area contributed by atoms with Gasteiger partial charge in [0.15, 0.2) is 6.04 Å². The summed E-state index contributed by atoms with van der Waals surface area (Å²) < 4.78 is 0. The summed E-state index contributed by atoms with van der Waals surface area (Å²) in [5.41, 5.74) is 0.448. The van der Waals surface area contributed by atoms with Crippen LogP contribution in [0.4, 0.5) is 0 Å². The Labute approximate surface area is 92.7 Å². The maximum Gasteiger partial charge on any atom is 0.329 e. The van der Waals surface area contributed by atoms with Gasteiger partial charge in [-0.15, -0.1) is 0 Å². The Morgan fingerprint density at radius 2 is 1.81 bits per heavy atom. The van der Waals surface area contributed by atoms with Crippen LogP contribution in [0.5, 0.6) is 0 Å². The fourth-order valence-electron chi connectivity index (χ4n) is 1.34. The Kier molecular flexibility index (Phi) is 4.02. The molecule has 0 heterocycles. The minimum atomic E-state index is -1.33. The first-order valence-electron chi connectivity index (χ1n) is 4.75. The Morgan fingerprint density at radius 3 is 2.25 bits per heavy atom. The molecule has 0 fully saturated rings. The van der Waals surface area contributed by atoms with Gasteiger partial charge in [0.05, 0.1) is 0 Å². The van der Waals surface area contributed by atoms with Gasteiger partial charge in [-0.3, -0.25) is 4.79 Å². The summed E-state index contributed by atoms with van der Waals surface area (Å²) in [5.74, 6) is -1.77. The van der Waals surface area contributed by atoms with Crippen LogP contribution in [0, 0.1) is 0 Å². The molecule has 1 rings (SSSR count). The Bertz CT molecular complexity index is 377. The zero-order valence-corrected chi connectivity index (χ0v) is 8.75. The summed E-state index contributed by atoms with van der Waals surface area (Å²) in [5, 5.41) is 20.9. The van der Waals surface area contributed by atoms with Gasteiger partial charge in [0, 0.05) is 6.92 Å². The highest BCUT2D eigenvalue weighted by Gasteiger charge is 2.28. The number of carboxylic acid groups (broad SMARTS) is 1. The zero-order valence-electron chi connectivity index (χ0n) is 8.75. The molecule has 2 atom stereocenters. The minimum absolute atomic E-state index is 0.448. The third kappa shape index (κ3) is 3.06. The molecule has 0 spiro atoms. The van der Waals surface area contributed by atoms with Gasteiger partial charge in [-0.25, -0.2) is 4.79 Å². The predicted molar refractivity (Wildman–Crippen MR) is 56.6 cm³/mol. The van der Waals surface area contributed by atoms with Crippen LogP contribution in [0.25, 0.3) is 0 Å². The van der Waals surface area contributed by atoms with E-state index in [-0.39, 0.29) is 0 Å². The zero-order chi connectivity index (χ0) is 12.1. The molecule has 3 N–H and O–H groups in total. The molecule has 1 aromatic rings. The average molecular weight is 223 g/mol. The van der Waals surface area contributed by atoms with Gasteiger partial charge in [-0.2, -0.15) is 0 Å². The van der Waals surface area contributed by atoms with Gasteiger partial charge in [0.2, 0.25) is 5.91 Å². The van der Waals surface area contributed by atoms with E-state index in [4.69, 9.17) is 5.11 Å². The number of hydrogen-bond donors (Lipinski definition) is 3. The van der Waals surface area contributed by atoms with Gasteiger partial charge in [-0.05, 0) is 5.56 Å². The van der Waals surface area contributed by atoms with Crippen molar-refractivity contribution in [2.24, 2.45) is 0 Å². The molecule has 0 aliphatic rings. The van der Waals surface area contributed by atoms with E-state index >= 15 is 0 Å². The number of carboxylic acids is 1. The summed E-state index contributed by atoms with van der Waals surface area (Å²) in [7, 11) is 0. The highest BCUT2D eigenvalue weighted by atomic mass is 16.4. The second-order valence-corrected chi connectivity index (χ2v) is 3.37. The lowest BCUT2D eigenvalue weighted by atomic mass is 10.0. The number of nitrogens with one attached hydrogen (secondary N) is 1. The van der Waals surface area contributed by atoms with Crippen LogP contribution in [0.3, 0.4) is 0 Å². The molecule has 0 aromatic heterocycles. The first-order valence-corrected chi connectivity index (χ1v) is 4.75. The van der Waals surface area contributed by atoms with Crippen molar-refractivity contribution in [1.82, 2.24) is 5.32 Å². The lowest BCUT2D eigenvalue weighted by Gasteiger charge is -2.19. The standard InChI is InChI=1S/C11H13NO4/c1-7(13)12-9(11(15)16)10(14)8-5-3-2-4-6-8/h2-6,9-10,14H,1H3,(H,12,13)(H,15,16)/t9-,10-/m0/s1. The molecule has 5 nitrogen and oxygen atoms in total. The molecular formula is C11H13NO4. The number of rotatable bonds is 4. The first-order chi connectivity index (χ1) is 7.52. The summed E-state index contributed by atoms with van der Waals surface area (Å²) in [6, 6.07) is 6.99. The average Bonchev–Trinajstić information content (AvgIpc) is 2.25. The summed E-state index contributed by atoms with van der Waals surface area (Å²) in [4.78, 5) is 21.7. The molecule has 0 aliphatic heterocycles. The molecule has 5 heteroatoms. The van der Waals surface area contributed by atoms with E-state index in [1.165, 1.54) is 6.92 Å². The normalized spacial score (nSPS) is 13.9. The van der Waals surface area contributed by atoms with Gasteiger partial charge in [0.1, 0.15) is 6.10 Å². The molecule has 1 aromatic carbocycles. The van der Waals surface area contributed by atoms with Crippen LogP contribution in [0.1, 0.15) is 18.6 Å². The molecule has 0 radical (unpaired) electrons. The Hall–Kier alpha value is -1.88. The molecule has 1 amide bonds. The predicted octanol–water partition coefficient (Wildman–Crippen LogP) is 0.309. The summed E-state index contributed by atoms with van der Waals surface area (Å²) in [6.07, 6.45) is -1.26. The van der Waals surface area contributed by atoms with E-state index in [1.807, 2.05) is 0 Å². The van der Waals surface area contributed by atoms with Crippen LogP contribution in [-0.2, 0) is 9.59 Å². The SMILES string of the molecule is CC(=O)N[C@H](C(=O)O)[C@@H](O)c1ccccc1. The fraction of sp³-hybridized carbons (Fsp3) is 0.273. The third-order valence-electron chi connectivity index (χ3n) is 2.08. The van der Waals surface area contributed by atoms with Gasteiger partial charge >= 0.3 is 5.97 Å². The first kappa shape index (κ1) is 12.2. The van der Waals surface area contributed by atoms with Crippen molar-refractivity contribution in [3.63, 3.8) is 0 Å². The highest BCUT2D eigenvalue weighted by molar-refractivity contribution is 5.82. The van der Waals surface area contributed by atoms with Gasteiger partial charge in [-0.1, -0.05) is 30.3 Å². The number of benzene rings is 1. The molecule has 0 aliphatic carbocycles. The fourth-order valence-corrected chi connectivity index (χ4v) is 1.34. The number of carbonyl (C=O) groups is 2. The number of hydrogen-bond acceptors (Lipinski definition) is 3. The maximum atomic E-state index is 10.9. The Morgan fingerprint density at radius 1 is 1.25 bits per heavy atom. The lowest BCUT2D eigenvalue weighted by molar-refractivity contribution is -0.145. The van der Waals surface area contributed by atoms with Crippen molar-refractivity contribution in [2.45, 2.75) is 19.1 Å². The third-order valence-corrected chi connectivity index (χ3v) is 2.08. The quantitative estimate of drug-likeness (QED) is 0.685. The van der Waals surface area contributed by atoms with Crippen LogP contribution < -0.4 is 5.32 Å². The van der Waals surface area contributed by atoms with Crippen LogP contribution in [0.2, 0.25) is 0 Å². The molecular weight excluding hydrogens is 210 g/mol. The van der Waals surface area contributed by atoms with Crippen molar-refractivity contribution < 1.29 is 19.8 Å². The van der Waals surface area contributed by atoms with E-state index in [2.05, 4.69) is 5.32 Å². The van der Waals surface area contributed by atoms with E-state index in [0.29, 0.717) is 5.56 Å². The molecule has 0 saturated heterocycles. The second-order valence-electron chi connectivity index (χ2n) is 3.37. The number of carbonyl (C=O) groups excluding carboxylic acids is 1. The van der Waals surface area contributed by atoms with Gasteiger partial charge < -0.3 is 15.5 Å². The van der Waals surface area contributed by atoms with Crippen LogP contribution in [0.15, 0.2) is 30.3 Å². The second kappa shape index (κ2) is 5.27. The smallest absolute Gasteiger partial charge is 0.329 e. The summed E-state index contributed by atoms with van der Waals surface area (Å²) in [6.45, 7) is 1.20. The van der Waals surface area contributed by atoms with E-state index in [9.17, 15) is 14.7 Å². The van der Waals surface area contributed by atoms with E-state index in [0.717, 1.165) is 0 Å². The summed E-state index contributed by atoms with van der Waals surface area (Å²) >= 11 is 0. The monoisotopic (exact) mass is 223 g/mol.